The first-order valence-electron chi connectivity index (χ1n) is 7.22. The number of hydrogen-bond acceptors (Lipinski definition) is 6. The molecule has 3 atom stereocenters. The van der Waals surface area contributed by atoms with E-state index in [9.17, 15) is 24.6 Å². The van der Waals surface area contributed by atoms with E-state index in [0.717, 1.165) is 4.90 Å². The smallest absolute Gasteiger partial charge is 0.353 e. The van der Waals surface area contributed by atoms with Gasteiger partial charge < -0.3 is 21.3 Å². The second-order valence-electron chi connectivity index (χ2n) is 5.52. The van der Waals surface area contributed by atoms with E-state index in [1.165, 1.54) is 36.0 Å². The fourth-order valence-electron chi connectivity index (χ4n) is 2.66. The van der Waals surface area contributed by atoms with E-state index in [4.69, 9.17) is 17.3 Å². The minimum absolute atomic E-state index is 0.0460. The van der Waals surface area contributed by atoms with Crippen molar-refractivity contribution in [3.8, 4) is 5.75 Å². The maximum Gasteiger partial charge on any atom is 0.353 e. The standard InChI is InChI=1S/C15H14ClN3O5S/c16-8-5-25-14-10(13(22)19(14)11(8)15(23)24)18-12(21)9(17)6-1-3-7(20)4-2-6/h1-4,9-10,14,20H,5,17H2,(H,18,21)(H,23,24). The van der Waals surface area contributed by atoms with Crippen LogP contribution in [-0.2, 0) is 14.4 Å². The number of carbonyl (C=O) groups excluding carboxylic acids is 2. The molecule has 0 bridgehead atoms. The highest BCUT2D eigenvalue weighted by Gasteiger charge is 2.54. The van der Waals surface area contributed by atoms with Crippen LogP contribution >= 0.6 is 23.4 Å². The Balaban J connectivity index is 1.71. The van der Waals surface area contributed by atoms with Crippen LogP contribution in [0.15, 0.2) is 35.0 Å². The number of aromatic hydroxyl groups is 1. The molecule has 5 N–H and O–H groups in total. The molecule has 2 aliphatic rings. The van der Waals surface area contributed by atoms with E-state index in [1.807, 2.05) is 0 Å². The molecule has 0 saturated carbocycles. The molecule has 1 fully saturated rings. The number of hydrogen-bond donors (Lipinski definition) is 4. The maximum atomic E-state index is 12.3. The molecule has 1 aromatic rings. The number of fused-ring (bicyclic) bond motifs is 1. The highest BCUT2D eigenvalue weighted by Crippen LogP contribution is 2.41. The van der Waals surface area contributed by atoms with Gasteiger partial charge in [-0.25, -0.2) is 4.79 Å². The van der Waals surface area contributed by atoms with Crippen LogP contribution in [0.2, 0.25) is 0 Å². The van der Waals surface area contributed by atoms with Crippen LogP contribution in [0.4, 0.5) is 0 Å². The summed E-state index contributed by atoms with van der Waals surface area (Å²) in [6.07, 6.45) is 0. The van der Waals surface area contributed by atoms with Gasteiger partial charge >= 0.3 is 5.97 Å². The first-order valence-corrected chi connectivity index (χ1v) is 8.65. The van der Waals surface area contributed by atoms with Crippen molar-refractivity contribution in [1.29, 1.82) is 0 Å². The first kappa shape index (κ1) is 17.6. The van der Waals surface area contributed by atoms with Crippen molar-refractivity contribution >= 4 is 41.1 Å². The highest BCUT2D eigenvalue weighted by atomic mass is 35.5. The van der Waals surface area contributed by atoms with E-state index in [1.54, 1.807) is 0 Å². The molecule has 10 heteroatoms. The summed E-state index contributed by atoms with van der Waals surface area (Å²) in [7, 11) is 0. The lowest BCUT2D eigenvalue weighted by molar-refractivity contribution is -0.150. The lowest BCUT2D eigenvalue weighted by Crippen LogP contribution is -2.70. The van der Waals surface area contributed by atoms with Crippen molar-refractivity contribution in [3.63, 3.8) is 0 Å². The number of phenolic OH excluding ortho intramolecular Hbond substituents is 1. The normalized spacial score (nSPS) is 23.6. The van der Waals surface area contributed by atoms with Gasteiger partial charge in [-0.3, -0.25) is 14.5 Å². The molecular formula is C15H14ClN3O5S. The van der Waals surface area contributed by atoms with E-state index in [0.29, 0.717) is 5.56 Å². The molecule has 132 valence electrons. The third kappa shape index (κ3) is 3.06. The second-order valence-corrected chi connectivity index (χ2v) is 7.09. The number of aliphatic carboxylic acids is 1. The number of benzene rings is 1. The molecule has 25 heavy (non-hydrogen) atoms. The van der Waals surface area contributed by atoms with Gasteiger partial charge in [-0.05, 0) is 17.7 Å². The van der Waals surface area contributed by atoms with Gasteiger partial charge in [0.15, 0.2) is 0 Å². The zero-order valence-corrected chi connectivity index (χ0v) is 14.3. The fraction of sp³-hybridized carbons (Fsp3) is 0.267. The number of rotatable bonds is 4. The number of halogens is 1. The number of β-lactam (4-membered cyclic amide) rings is 1. The summed E-state index contributed by atoms with van der Waals surface area (Å²) < 4.78 is 0. The van der Waals surface area contributed by atoms with Crippen LogP contribution in [0.25, 0.3) is 0 Å². The van der Waals surface area contributed by atoms with Gasteiger partial charge in [-0.2, -0.15) is 0 Å². The van der Waals surface area contributed by atoms with Crippen LogP contribution in [0.1, 0.15) is 11.6 Å². The molecule has 2 aliphatic heterocycles. The lowest BCUT2D eigenvalue weighted by atomic mass is 10.0. The summed E-state index contributed by atoms with van der Waals surface area (Å²) in [6.45, 7) is 0. The van der Waals surface area contributed by atoms with E-state index >= 15 is 0 Å². The number of nitrogens with two attached hydrogens (primary N) is 1. The predicted octanol–water partition coefficient (Wildman–Crippen LogP) is 0.327. The monoisotopic (exact) mass is 383 g/mol. The number of carbonyl (C=O) groups is 3. The average Bonchev–Trinajstić information content (AvgIpc) is 2.58. The predicted molar refractivity (Wildman–Crippen MR) is 90.6 cm³/mol. The Morgan fingerprint density at radius 1 is 1.36 bits per heavy atom. The molecule has 1 aromatic carbocycles. The fourth-order valence-corrected chi connectivity index (χ4v) is 4.21. The van der Waals surface area contributed by atoms with E-state index in [2.05, 4.69) is 5.32 Å². The summed E-state index contributed by atoms with van der Waals surface area (Å²) in [6, 6.07) is 3.95. The molecule has 0 spiro atoms. The third-order valence-corrected chi connectivity index (χ3v) is 5.71. The van der Waals surface area contributed by atoms with E-state index in [-0.39, 0.29) is 22.2 Å². The largest absolute Gasteiger partial charge is 0.508 e. The molecule has 2 amide bonds. The summed E-state index contributed by atoms with van der Waals surface area (Å²) >= 11 is 7.16. The quantitative estimate of drug-likeness (QED) is 0.550. The number of carboxylic acids is 1. The van der Waals surface area contributed by atoms with Crippen molar-refractivity contribution in [2.75, 3.05) is 5.75 Å². The maximum absolute atomic E-state index is 12.3. The number of nitrogens with one attached hydrogen (secondary N) is 1. The molecule has 0 aromatic heterocycles. The average molecular weight is 384 g/mol. The Bertz CT molecular complexity index is 782. The van der Waals surface area contributed by atoms with Gasteiger partial charge in [0, 0.05) is 5.75 Å². The lowest BCUT2D eigenvalue weighted by Gasteiger charge is -2.48. The number of nitrogens with zero attached hydrogens (tertiary/aromatic N) is 1. The van der Waals surface area contributed by atoms with Crippen molar-refractivity contribution in [2.24, 2.45) is 5.73 Å². The Morgan fingerprint density at radius 3 is 2.60 bits per heavy atom. The summed E-state index contributed by atoms with van der Waals surface area (Å²) in [5, 5.41) is 20.6. The Kier molecular flexibility index (Phi) is 4.63. The van der Waals surface area contributed by atoms with Crippen molar-refractivity contribution in [3.05, 3.63) is 40.6 Å². The Hall–Kier alpha value is -2.23. The van der Waals surface area contributed by atoms with Crippen LogP contribution < -0.4 is 11.1 Å². The van der Waals surface area contributed by atoms with Crippen LogP contribution in [0.3, 0.4) is 0 Å². The first-order chi connectivity index (χ1) is 11.8. The second kappa shape index (κ2) is 6.58. The minimum Gasteiger partial charge on any atom is -0.508 e. The Labute approximate surface area is 151 Å². The number of amides is 2. The molecule has 0 aliphatic carbocycles. The van der Waals surface area contributed by atoms with Gasteiger partial charge in [-0.15, -0.1) is 11.8 Å². The third-order valence-electron chi connectivity index (χ3n) is 3.96. The van der Waals surface area contributed by atoms with Crippen LogP contribution in [0, 0.1) is 0 Å². The zero-order valence-electron chi connectivity index (χ0n) is 12.7. The molecule has 8 nitrogen and oxygen atoms in total. The van der Waals surface area contributed by atoms with E-state index < -0.39 is 35.2 Å². The van der Waals surface area contributed by atoms with Crippen molar-refractivity contribution in [2.45, 2.75) is 17.5 Å². The number of phenols is 1. The van der Waals surface area contributed by atoms with Crippen LogP contribution in [0.5, 0.6) is 5.75 Å². The van der Waals surface area contributed by atoms with Gasteiger partial charge in [-0.1, -0.05) is 23.7 Å². The van der Waals surface area contributed by atoms with Gasteiger partial charge in [0.25, 0.3) is 5.91 Å². The number of carboxylic acid groups (broad SMARTS) is 1. The zero-order chi connectivity index (χ0) is 18.3. The van der Waals surface area contributed by atoms with Crippen molar-refractivity contribution in [1.82, 2.24) is 10.2 Å². The summed E-state index contributed by atoms with van der Waals surface area (Å²) in [5.41, 5.74) is 6.11. The SMILES string of the molecule is NC(C(=O)NC1C(=O)N2C(C(=O)O)=C(Cl)CSC12)c1ccc(O)cc1. The topological polar surface area (TPSA) is 133 Å². The molecule has 1 saturated heterocycles. The highest BCUT2D eigenvalue weighted by molar-refractivity contribution is 8.00. The number of thioether (sulfide) groups is 1. The molecule has 3 rings (SSSR count). The van der Waals surface area contributed by atoms with Gasteiger partial charge in [0.2, 0.25) is 5.91 Å². The summed E-state index contributed by atoms with van der Waals surface area (Å²) in [4.78, 5) is 36.9. The minimum atomic E-state index is -1.28. The molecular weight excluding hydrogens is 370 g/mol. The molecule has 0 radical (unpaired) electrons. The molecule has 2 heterocycles. The van der Waals surface area contributed by atoms with Gasteiger partial charge in [0.1, 0.15) is 28.9 Å². The van der Waals surface area contributed by atoms with Crippen LogP contribution in [-0.4, -0.2) is 50.1 Å². The Morgan fingerprint density at radius 2 is 2.00 bits per heavy atom. The molecule has 3 unspecified atom stereocenters. The summed E-state index contributed by atoms with van der Waals surface area (Å²) in [5.74, 6) is -2.10. The van der Waals surface area contributed by atoms with Crippen molar-refractivity contribution < 1.29 is 24.6 Å². The van der Waals surface area contributed by atoms with Gasteiger partial charge in [0.05, 0.1) is 5.03 Å².